The minimum atomic E-state index is -0.0183. The van der Waals surface area contributed by atoms with Gasteiger partial charge in [-0.2, -0.15) is 0 Å². The van der Waals surface area contributed by atoms with Crippen molar-refractivity contribution >= 4 is 17.2 Å². The molecule has 2 aromatic carbocycles. The maximum absolute atomic E-state index is 12.8. The van der Waals surface area contributed by atoms with E-state index in [9.17, 15) is 4.79 Å². The Bertz CT molecular complexity index is 946. The molecule has 132 valence electrons. The van der Waals surface area contributed by atoms with Gasteiger partial charge in [0.05, 0.1) is 18.0 Å². The fraction of sp³-hybridized carbons (Fsp3) is 0.227. The number of hydrogen-bond acceptors (Lipinski definition) is 3. The summed E-state index contributed by atoms with van der Waals surface area (Å²) >= 11 is 1.57. The van der Waals surface area contributed by atoms with Crippen LogP contribution < -0.4 is 10.1 Å². The molecule has 1 N–H and O–H groups in total. The van der Waals surface area contributed by atoms with Gasteiger partial charge in [0, 0.05) is 4.88 Å². The summed E-state index contributed by atoms with van der Waals surface area (Å²) in [6, 6.07) is 18.3. The Morgan fingerprint density at radius 3 is 2.62 bits per heavy atom. The first kappa shape index (κ1) is 16.9. The lowest BCUT2D eigenvalue weighted by atomic mass is 9.91. The molecule has 1 heterocycles. The molecule has 4 rings (SSSR count). The molecular formula is C22H21NO2S. The molecule has 1 aromatic heterocycles. The Hall–Kier alpha value is -2.59. The van der Waals surface area contributed by atoms with Crippen molar-refractivity contribution in [2.75, 3.05) is 7.11 Å². The number of aryl methyl sites for hydroxylation is 2. The van der Waals surface area contributed by atoms with Crippen LogP contribution in [0.4, 0.5) is 0 Å². The predicted molar refractivity (Wildman–Crippen MR) is 106 cm³/mol. The van der Waals surface area contributed by atoms with Crippen LogP contribution in [-0.4, -0.2) is 13.0 Å². The topological polar surface area (TPSA) is 38.3 Å². The predicted octanol–water partition coefficient (Wildman–Crippen LogP) is 5.01. The van der Waals surface area contributed by atoms with E-state index in [1.807, 2.05) is 43.3 Å². The monoisotopic (exact) mass is 363 g/mol. The van der Waals surface area contributed by atoms with Crippen LogP contribution >= 0.6 is 11.3 Å². The number of carbonyl (C=O) groups excluding carboxylic acids is 1. The summed E-state index contributed by atoms with van der Waals surface area (Å²) in [4.78, 5) is 14.7. The Morgan fingerprint density at radius 2 is 1.85 bits per heavy atom. The lowest BCUT2D eigenvalue weighted by molar-refractivity contribution is 0.0944. The summed E-state index contributed by atoms with van der Waals surface area (Å²) in [7, 11) is 1.68. The molecule has 3 aromatic rings. The number of rotatable bonds is 4. The number of methoxy groups -OCH3 is 1. The van der Waals surface area contributed by atoms with Crippen LogP contribution in [0.1, 0.15) is 39.3 Å². The minimum absolute atomic E-state index is 0.00907. The van der Waals surface area contributed by atoms with Crippen LogP contribution in [-0.2, 0) is 12.8 Å². The Labute approximate surface area is 157 Å². The van der Waals surface area contributed by atoms with E-state index in [0.29, 0.717) is 0 Å². The first-order valence-corrected chi connectivity index (χ1v) is 9.63. The highest BCUT2D eigenvalue weighted by Gasteiger charge is 2.23. The van der Waals surface area contributed by atoms with E-state index in [1.54, 1.807) is 18.4 Å². The molecule has 0 radical (unpaired) electrons. The third-order valence-corrected chi connectivity index (χ3v) is 6.11. The number of nitrogens with one attached hydrogen (secondary N) is 1. The lowest BCUT2D eigenvalue weighted by Gasteiger charge is -2.16. The molecule has 0 aliphatic heterocycles. The van der Waals surface area contributed by atoms with E-state index in [4.69, 9.17) is 4.74 Å². The minimum Gasteiger partial charge on any atom is -0.497 e. The third-order valence-electron chi connectivity index (χ3n) is 4.91. The SMILES string of the molecule is COc1ccc2c(c1)-c1sc(C(=O)NC(C)c3ccccc3)cc1CC2. The molecule has 1 aliphatic carbocycles. The van der Waals surface area contributed by atoms with Crippen molar-refractivity contribution < 1.29 is 9.53 Å². The first-order valence-electron chi connectivity index (χ1n) is 8.81. The molecule has 26 heavy (non-hydrogen) atoms. The van der Waals surface area contributed by atoms with Crippen molar-refractivity contribution in [2.45, 2.75) is 25.8 Å². The van der Waals surface area contributed by atoms with E-state index >= 15 is 0 Å². The van der Waals surface area contributed by atoms with Gasteiger partial charge < -0.3 is 10.1 Å². The van der Waals surface area contributed by atoms with Crippen molar-refractivity contribution in [3.05, 3.63) is 76.2 Å². The van der Waals surface area contributed by atoms with Gasteiger partial charge in [-0.1, -0.05) is 36.4 Å². The van der Waals surface area contributed by atoms with Gasteiger partial charge in [0.2, 0.25) is 0 Å². The quantitative estimate of drug-likeness (QED) is 0.707. The van der Waals surface area contributed by atoms with E-state index in [0.717, 1.165) is 29.0 Å². The molecule has 0 spiro atoms. The van der Waals surface area contributed by atoms with E-state index in [2.05, 4.69) is 23.5 Å². The van der Waals surface area contributed by atoms with Gasteiger partial charge in [-0.15, -0.1) is 11.3 Å². The van der Waals surface area contributed by atoms with Gasteiger partial charge in [-0.3, -0.25) is 4.79 Å². The normalized spacial score (nSPS) is 13.5. The van der Waals surface area contributed by atoms with Gasteiger partial charge in [0.25, 0.3) is 5.91 Å². The zero-order valence-corrected chi connectivity index (χ0v) is 15.7. The van der Waals surface area contributed by atoms with Crippen molar-refractivity contribution in [2.24, 2.45) is 0 Å². The van der Waals surface area contributed by atoms with E-state index < -0.39 is 0 Å². The summed E-state index contributed by atoms with van der Waals surface area (Å²) in [6.45, 7) is 2.01. The molecule has 1 amide bonds. The van der Waals surface area contributed by atoms with Crippen LogP contribution in [0.5, 0.6) is 5.75 Å². The number of hydrogen-bond donors (Lipinski definition) is 1. The highest BCUT2D eigenvalue weighted by Crippen LogP contribution is 2.41. The van der Waals surface area contributed by atoms with Crippen LogP contribution in [0.3, 0.4) is 0 Å². The molecule has 4 heteroatoms. The van der Waals surface area contributed by atoms with Crippen LogP contribution in [0.25, 0.3) is 10.4 Å². The van der Waals surface area contributed by atoms with Crippen LogP contribution in [0.2, 0.25) is 0 Å². The fourth-order valence-corrected chi connectivity index (χ4v) is 4.59. The number of carbonyl (C=O) groups is 1. The van der Waals surface area contributed by atoms with E-state index in [1.165, 1.54) is 21.6 Å². The van der Waals surface area contributed by atoms with Crippen molar-refractivity contribution in [1.82, 2.24) is 5.32 Å². The summed E-state index contributed by atoms with van der Waals surface area (Å²) in [5.74, 6) is 0.846. The van der Waals surface area contributed by atoms with Crippen molar-refractivity contribution in [3.8, 4) is 16.2 Å². The largest absolute Gasteiger partial charge is 0.497 e. The first-order chi connectivity index (χ1) is 12.7. The summed E-state index contributed by atoms with van der Waals surface area (Å²) in [5, 5.41) is 3.11. The third kappa shape index (κ3) is 3.13. The van der Waals surface area contributed by atoms with Gasteiger partial charge in [0.1, 0.15) is 5.75 Å². The molecular weight excluding hydrogens is 342 g/mol. The maximum Gasteiger partial charge on any atom is 0.261 e. The molecule has 1 aliphatic rings. The molecule has 3 nitrogen and oxygen atoms in total. The molecule has 0 saturated carbocycles. The zero-order valence-electron chi connectivity index (χ0n) is 14.9. The fourth-order valence-electron chi connectivity index (χ4n) is 3.43. The van der Waals surface area contributed by atoms with Crippen molar-refractivity contribution in [1.29, 1.82) is 0 Å². The standard InChI is InChI=1S/C22H21NO2S/c1-14(15-6-4-3-5-7-15)23-22(24)20-12-17-9-8-16-10-11-18(25-2)13-19(16)21(17)26-20/h3-7,10-14H,8-9H2,1-2H3,(H,23,24). The number of amides is 1. The average Bonchev–Trinajstić information content (AvgIpc) is 3.13. The average molecular weight is 363 g/mol. The lowest BCUT2D eigenvalue weighted by Crippen LogP contribution is -2.25. The molecule has 1 unspecified atom stereocenters. The van der Waals surface area contributed by atoms with Gasteiger partial charge in [-0.25, -0.2) is 0 Å². The molecule has 0 saturated heterocycles. The highest BCUT2D eigenvalue weighted by atomic mass is 32.1. The van der Waals surface area contributed by atoms with E-state index in [-0.39, 0.29) is 11.9 Å². The summed E-state index contributed by atoms with van der Waals surface area (Å²) in [5.41, 5.74) is 4.89. The molecule has 0 fully saturated rings. The van der Waals surface area contributed by atoms with Crippen molar-refractivity contribution in [3.63, 3.8) is 0 Å². The highest BCUT2D eigenvalue weighted by molar-refractivity contribution is 7.17. The zero-order chi connectivity index (χ0) is 18.1. The van der Waals surface area contributed by atoms with Gasteiger partial charge >= 0.3 is 0 Å². The van der Waals surface area contributed by atoms with Gasteiger partial charge in [-0.05, 0) is 60.2 Å². The number of fused-ring (bicyclic) bond motifs is 3. The van der Waals surface area contributed by atoms with Crippen LogP contribution in [0, 0.1) is 0 Å². The number of thiophene rings is 1. The van der Waals surface area contributed by atoms with Crippen LogP contribution in [0.15, 0.2) is 54.6 Å². The Morgan fingerprint density at radius 1 is 1.08 bits per heavy atom. The number of ether oxygens (including phenoxy) is 1. The molecule has 1 atom stereocenters. The molecule has 0 bridgehead atoms. The second-order valence-corrected chi connectivity index (χ2v) is 7.65. The number of benzene rings is 2. The Kier molecular flexibility index (Phi) is 4.51. The summed E-state index contributed by atoms with van der Waals surface area (Å²) in [6.07, 6.45) is 1.98. The summed E-state index contributed by atoms with van der Waals surface area (Å²) < 4.78 is 5.38. The smallest absolute Gasteiger partial charge is 0.261 e. The second kappa shape index (κ2) is 6.96. The second-order valence-electron chi connectivity index (χ2n) is 6.59. The Balaban J connectivity index is 1.60. The van der Waals surface area contributed by atoms with Gasteiger partial charge in [0.15, 0.2) is 0 Å². The maximum atomic E-state index is 12.8.